The van der Waals surface area contributed by atoms with Crippen molar-refractivity contribution in [3.63, 3.8) is 0 Å². The normalized spacial score (nSPS) is 21.8. The first kappa shape index (κ1) is 20.5. The number of benzene rings is 2. The molecule has 1 fully saturated rings. The summed E-state index contributed by atoms with van der Waals surface area (Å²) in [5, 5.41) is 2.76. The number of thioether (sulfide) groups is 1. The minimum Gasteiger partial charge on any atom is -0.494 e. The van der Waals surface area contributed by atoms with E-state index in [9.17, 15) is 9.59 Å². The van der Waals surface area contributed by atoms with Gasteiger partial charge in [0.2, 0.25) is 11.8 Å². The highest BCUT2D eigenvalue weighted by atomic mass is 32.2. The molecule has 1 N–H and O–H groups in total. The molecule has 2 aliphatic rings. The quantitative estimate of drug-likeness (QED) is 0.795. The minimum atomic E-state index is -0.479. The zero-order valence-corrected chi connectivity index (χ0v) is 18.2. The summed E-state index contributed by atoms with van der Waals surface area (Å²) in [5.41, 5.74) is 4.34. The number of aryl methyl sites for hydroxylation is 2. The van der Waals surface area contributed by atoms with Gasteiger partial charge in [-0.15, -0.1) is 0 Å². The molecule has 2 aromatic carbocycles. The standard InChI is InChI=1S/C23H25N3O3S/c1-14-8-10-16-15(12-14)9-11-18(16)26-22(28)20(13-21(27)24-2)30-23(26)25-17-6-4-5-7-19(17)29-3/h4-8,10,12,18,20H,9,11,13H2,1-3H3,(H,24,27). The van der Waals surface area contributed by atoms with E-state index in [1.165, 1.54) is 28.5 Å². The fourth-order valence-electron chi connectivity index (χ4n) is 4.07. The molecular weight excluding hydrogens is 398 g/mol. The second-order valence-electron chi connectivity index (χ2n) is 7.52. The third-order valence-corrected chi connectivity index (χ3v) is 6.73. The molecule has 7 heteroatoms. The molecule has 2 unspecified atom stereocenters. The fraction of sp³-hybridized carbons (Fsp3) is 0.348. The van der Waals surface area contributed by atoms with E-state index in [1.54, 1.807) is 19.1 Å². The maximum Gasteiger partial charge on any atom is 0.243 e. The molecule has 30 heavy (non-hydrogen) atoms. The summed E-state index contributed by atoms with van der Waals surface area (Å²) >= 11 is 1.36. The van der Waals surface area contributed by atoms with E-state index in [-0.39, 0.29) is 24.3 Å². The Morgan fingerprint density at radius 3 is 2.87 bits per heavy atom. The van der Waals surface area contributed by atoms with Gasteiger partial charge < -0.3 is 10.1 Å². The average molecular weight is 424 g/mol. The van der Waals surface area contributed by atoms with Crippen molar-refractivity contribution in [3.8, 4) is 5.75 Å². The Balaban J connectivity index is 1.74. The van der Waals surface area contributed by atoms with Crippen LogP contribution >= 0.6 is 11.8 Å². The van der Waals surface area contributed by atoms with Gasteiger partial charge in [-0.05, 0) is 43.0 Å². The van der Waals surface area contributed by atoms with Crippen molar-refractivity contribution in [1.29, 1.82) is 0 Å². The number of carbonyl (C=O) groups excluding carboxylic acids is 2. The van der Waals surface area contributed by atoms with E-state index in [4.69, 9.17) is 9.73 Å². The number of nitrogens with one attached hydrogen (secondary N) is 1. The summed E-state index contributed by atoms with van der Waals surface area (Å²) in [5.74, 6) is 0.438. The molecule has 4 rings (SSSR count). The first-order chi connectivity index (χ1) is 14.5. The van der Waals surface area contributed by atoms with Gasteiger partial charge in [0.15, 0.2) is 5.17 Å². The summed E-state index contributed by atoms with van der Waals surface area (Å²) in [4.78, 5) is 32.0. The Morgan fingerprint density at radius 1 is 1.30 bits per heavy atom. The van der Waals surface area contributed by atoms with Gasteiger partial charge in [0.05, 0.1) is 13.2 Å². The van der Waals surface area contributed by atoms with Gasteiger partial charge in [-0.1, -0.05) is 47.7 Å². The third-order valence-electron chi connectivity index (χ3n) is 5.57. The van der Waals surface area contributed by atoms with Crippen LogP contribution in [-0.4, -0.2) is 41.3 Å². The largest absolute Gasteiger partial charge is 0.494 e. The maximum atomic E-state index is 13.4. The lowest BCUT2D eigenvalue weighted by molar-refractivity contribution is -0.130. The van der Waals surface area contributed by atoms with Crippen molar-refractivity contribution in [1.82, 2.24) is 10.2 Å². The number of ether oxygens (including phenoxy) is 1. The van der Waals surface area contributed by atoms with Crippen LogP contribution in [0, 0.1) is 6.92 Å². The molecule has 6 nitrogen and oxygen atoms in total. The second kappa shape index (κ2) is 8.52. The monoisotopic (exact) mass is 423 g/mol. The summed E-state index contributed by atoms with van der Waals surface area (Å²) < 4.78 is 5.44. The lowest BCUT2D eigenvalue weighted by Crippen LogP contribution is -2.36. The Bertz CT molecular complexity index is 1020. The molecule has 1 aliphatic carbocycles. The van der Waals surface area contributed by atoms with E-state index in [2.05, 4.69) is 30.4 Å². The molecule has 2 aromatic rings. The Kier molecular flexibility index (Phi) is 5.81. The second-order valence-corrected chi connectivity index (χ2v) is 8.68. The topological polar surface area (TPSA) is 71.0 Å². The summed E-state index contributed by atoms with van der Waals surface area (Å²) in [6, 6.07) is 13.8. The summed E-state index contributed by atoms with van der Waals surface area (Å²) in [7, 11) is 3.19. The SMILES string of the molecule is CNC(=O)CC1SC(=Nc2ccccc2OC)N(C2CCc3cc(C)ccc32)C1=O. The van der Waals surface area contributed by atoms with E-state index in [1.807, 2.05) is 24.3 Å². The van der Waals surface area contributed by atoms with E-state index < -0.39 is 5.25 Å². The van der Waals surface area contributed by atoms with Crippen LogP contribution in [-0.2, 0) is 16.0 Å². The number of carbonyl (C=O) groups is 2. The van der Waals surface area contributed by atoms with Crippen LogP contribution in [0.4, 0.5) is 5.69 Å². The number of nitrogens with zero attached hydrogens (tertiary/aromatic N) is 2. The number of hydrogen-bond donors (Lipinski definition) is 1. The molecule has 2 atom stereocenters. The Labute approximate surface area is 180 Å². The zero-order valence-electron chi connectivity index (χ0n) is 17.3. The Morgan fingerprint density at radius 2 is 2.10 bits per heavy atom. The molecule has 0 saturated carbocycles. The summed E-state index contributed by atoms with van der Waals surface area (Å²) in [6.45, 7) is 2.08. The summed E-state index contributed by atoms with van der Waals surface area (Å²) in [6.07, 6.45) is 1.91. The van der Waals surface area contributed by atoms with Crippen molar-refractivity contribution < 1.29 is 14.3 Å². The minimum absolute atomic E-state index is 0.0596. The average Bonchev–Trinajstić information content (AvgIpc) is 3.28. The smallest absolute Gasteiger partial charge is 0.243 e. The predicted octanol–water partition coefficient (Wildman–Crippen LogP) is 3.76. The zero-order chi connectivity index (χ0) is 21.3. The molecular formula is C23H25N3O3S. The first-order valence-electron chi connectivity index (χ1n) is 10.0. The Hall–Kier alpha value is -2.80. The highest BCUT2D eigenvalue weighted by molar-refractivity contribution is 8.15. The molecule has 0 spiro atoms. The maximum absolute atomic E-state index is 13.4. The van der Waals surface area contributed by atoms with Gasteiger partial charge in [0.1, 0.15) is 16.7 Å². The molecule has 1 saturated heterocycles. The van der Waals surface area contributed by atoms with Crippen LogP contribution in [0.5, 0.6) is 5.75 Å². The van der Waals surface area contributed by atoms with E-state index >= 15 is 0 Å². The lowest BCUT2D eigenvalue weighted by atomic mass is 10.0. The van der Waals surface area contributed by atoms with Gasteiger partial charge in [-0.3, -0.25) is 14.5 Å². The number of amidine groups is 1. The predicted molar refractivity (Wildman–Crippen MR) is 119 cm³/mol. The molecule has 0 radical (unpaired) electrons. The van der Waals surface area contributed by atoms with Crippen LogP contribution in [0.1, 0.15) is 35.6 Å². The van der Waals surface area contributed by atoms with E-state index in [0.29, 0.717) is 16.6 Å². The number of amides is 2. The van der Waals surface area contributed by atoms with Crippen LogP contribution in [0.25, 0.3) is 0 Å². The van der Waals surface area contributed by atoms with Crippen molar-refractivity contribution in [2.45, 2.75) is 37.5 Å². The highest BCUT2D eigenvalue weighted by Crippen LogP contribution is 2.44. The van der Waals surface area contributed by atoms with Gasteiger partial charge in [0, 0.05) is 13.5 Å². The van der Waals surface area contributed by atoms with Gasteiger partial charge in [0.25, 0.3) is 0 Å². The van der Waals surface area contributed by atoms with Crippen LogP contribution in [0.2, 0.25) is 0 Å². The van der Waals surface area contributed by atoms with Crippen molar-refractivity contribution >= 4 is 34.4 Å². The fourth-order valence-corrected chi connectivity index (χ4v) is 5.25. The molecule has 0 bridgehead atoms. The van der Waals surface area contributed by atoms with Crippen LogP contribution in [0.3, 0.4) is 0 Å². The van der Waals surface area contributed by atoms with Crippen LogP contribution < -0.4 is 10.1 Å². The molecule has 1 aliphatic heterocycles. The number of fused-ring (bicyclic) bond motifs is 1. The van der Waals surface area contributed by atoms with Gasteiger partial charge >= 0.3 is 0 Å². The van der Waals surface area contributed by atoms with Crippen molar-refractivity contribution in [3.05, 3.63) is 59.2 Å². The first-order valence-corrected chi connectivity index (χ1v) is 10.9. The molecule has 156 valence electrons. The lowest BCUT2D eigenvalue weighted by Gasteiger charge is -2.25. The highest BCUT2D eigenvalue weighted by Gasteiger charge is 2.44. The molecule has 0 aromatic heterocycles. The molecule has 1 heterocycles. The van der Waals surface area contributed by atoms with Gasteiger partial charge in [-0.25, -0.2) is 4.99 Å². The number of rotatable bonds is 5. The number of para-hydroxylation sites is 2. The van der Waals surface area contributed by atoms with Crippen LogP contribution in [0.15, 0.2) is 47.5 Å². The van der Waals surface area contributed by atoms with Crippen molar-refractivity contribution in [2.24, 2.45) is 4.99 Å². The number of hydrogen-bond acceptors (Lipinski definition) is 5. The molecule has 2 amide bonds. The third kappa shape index (κ3) is 3.81. The van der Waals surface area contributed by atoms with Gasteiger partial charge in [-0.2, -0.15) is 0 Å². The number of methoxy groups -OCH3 is 1. The van der Waals surface area contributed by atoms with E-state index in [0.717, 1.165) is 12.8 Å². The van der Waals surface area contributed by atoms with Crippen molar-refractivity contribution in [2.75, 3.05) is 14.2 Å². The number of aliphatic imine (C=N–C) groups is 1.